The topological polar surface area (TPSA) is 95.9 Å². The zero-order chi connectivity index (χ0) is 12.1. The third kappa shape index (κ3) is 4.86. The third-order valence-electron chi connectivity index (χ3n) is 2.08. The zero-order valence-corrected chi connectivity index (χ0v) is 10.1. The fourth-order valence-electron chi connectivity index (χ4n) is 0.934. The summed E-state index contributed by atoms with van der Waals surface area (Å²) >= 11 is 0. The number of hydrogen-bond acceptors (Lipinski definition) is 5. The molecule has 0 spiro atoms. The molecule has 0 saturated carbocycles. The molecule has 0 aliphatic heterocycles. The van der Waals surface area contributed by atoms with Crippen molar-refractivity contribution >= 4 is 13.4 Å². The standard InChI is InChI=1S/C8H18NO5P/c1-7(10)5-4-6-9-8(2,3)15(12,13)14-11/h9,11H,4-6H2,1-3H3,(H,12,13). The first-order valence-electron chi connectivity index (χ1n) is 4.63. The number of nitrogens with one attached hydrogen (secondary N) is 1. The van der Waals surface area contributed by atoms with E-state index in [1.165, 1.54) is 20.8 Å². The number of rotatable bonds is 7. The van der Waals surface area contributed by atoms with Crippen molar-refractivity contribution < 1.29 is 24.2 Å². The second-order valence-electron chi connectivity index (χ2n) is 3.89. The molecule has 6 nitrogen and oxygen atoms in total. The summed E-state index contributed by atoms with van der Waals surface area (Å²) in [7, 11) is -4.08. The molecule has 15 heavy (non-hydrogen) atoms. The van der Waals surface area contributed by atoms with Gasteiger partial charge in [0.05, 0.1) is 0 Å². The van der Waals surface area contributed by atoms with E-state index >= 15 is 0 Å². The second-order valence-corrected chi connectivity index (χ2v) is 6.22. The predicted octanol–water partition coefficient (Wildman–Crippen LogP) is 1.36. The van der Waals surface area contributed by atoms with Crippen LogP contribution in [0.5, 0.6) is 0 Å². The number of Topliss-reactive ketones (excluding diaryl/α,β-unsaturated/α-hetero) is 1. The Morgan fingerprint density at radius 1 is 1.53 bits per heavy atom. The lowest BCUT2D eigenvalue weighted by molar-refractivity contribution is -0.149. The molecule has 0 amide bonds. The molecule has 0 radical (unpaired) electrons. The van der Waals surface area contributed by atoms with Crippen LogP contribution in [0.3, 0.4) is 0 Å². The largest absolute Gasteiger partial charge is 0.374 e. The molecule has 0 rings (SSSR count). The van der Waals surface area contributed by atoms with Gasteiger partial charge in [-0.2, -0.15) is 4.67 Å². The first kappa shape index (κ1) is 14.7. The fraction of sp³-hybridized carbons (Fsp3) is 0.875. The summed E-state index contributed by atoms with van der Waals surface area (Å²) in [6, 6.07) is 0. The highest BCUT2D eigenvalue weighted by molar-refractivity contribution is 7.54. The Morgan fingerprint density at radius 3 is 2.47 bits per heavy atom. The average Bonchev–Trinajstić information content (AvgIpc) is 2.12. The van der Waals surface area contributed by atoms with Crippen LogP contribution in [-0.2, 0) is 14.0 Å². The highest BCUT2D eigenvalue weighted by Crippen LogP contribution is 2.52. The van der Waals surface area contributed by atoms with Crippen LogP contribution in [0.2, 0.25) is 0 Å². The van der Waals surface area contributed by atoms with Crippen molar-refractivity contribution in [3.63, 3.8) is 0 Å². The van der Waals surface area contributed by atoms with Crippen molar-refractivity contribution in [3.05, 3.63) is 0 Å². The smallest absolute Gasteiger partial charge is 0.322 e. The first-order valence-corrected chi connectivity index (χ1v) is 6.21. The van der Waals surface area contributed by atoms with Gasteiger partial charge in [-0.1, -0.05) is 0 Å². The van der Waals surface area contributed by atoms with Gasteiger partial charge in [-0.25, -0.2) is 5.26 Å². The lowest BCUT2D eigenvalue weighted by Gasteiger charge is -2.28. The zero-order valence-electron chi connectivity index (χ0n) is 9.19. The highest BCUT2D eigenvalue weighted by atomic mass is 31.2. The van der Waals surface area contributed by atoms with Gasteiger partial charge in [0.15, 0.2) is 0 Å². The van der Waals surface area contributed by atoms with Crippen LogP contribution in [0.15, 0.2) is 0 Å². The summed E-state index contributed by atoms with van der Waals surface area (Å²) in [6.45, 7) is 4.77. The molecule has 3 N–H and O–H groups in total. The maximum absolute atomic E-state index is 11.3. The number of ketones is 1. The summed E-state index contributed by atoms with van der Waals surface area (Å²) in [4.78, 5) is 19.8. The van der Waals surface area contributed by atoms with Crippen LogP contribution in [-0.4, -0.2) is 27.8 Å². The van der Waals surface area contributed by atoms with E-state index in [0.717, 1.165) is 0 Å². The molecular weight excluding hydrogens is 221 g/mol. The van der Waals surface area contributed by atoms with Gasteiger partial charge in [0.2, 0.25) is 0 Å². The average molecular weight is 239 g/mol. The fourth-order valence-corrected chi connectivity index (χ4v) is 1.45. The Balaban J connectivity index is 4.05. The van der Waals surface area contributed by atoms with Gasteiger partial charge < -0.3 is 15.0 Å². The van der Waals surface area contributed by atoms with E-state index in [0.29, 0.717) is 19.4 Å². The molecule has 0 saturated heterocycles. The minimum atomic E-state index is -4.08. The van der Waals surface area contributed by atoms with E-state index in [4.69, 9.17) is 5.26 Å². The second kappa shape index (κ2) is 5.72. The normalized spacial score (nSPS) is 16.1. The Morgan fingerprint density at radius 2 is 2.07 bits per heavy atom. The molecular formula is C8H18NO5P. The Labute approximate surface area is 89.1 Å². The molecule has 1 unspecified atom stereocenters. The summed E-state index contributed by atoms with van der Waals surface area (Å²) < 4.78 is 14.8. The van der Waals surface area contributed by atoms with Gasteiger partial charge in [-0.3, -0.25) is 4.57 Å². The minimum absolute atomic E-state index is 0.0696. The van der Waals surface area contributed by atoms with Crippen molar-refractivity contribution in [2.24, 2.45) is 0 Å². The van der Waals surface area contributed by atoms with Gasteiger partial charge >= 0.3 is 7.60 Å². The van der Waals surface area contributed by atoms with E-state index in [9.17, 15) is 14.3 Å². The van der Waals surface area contributed by atoms with Crippen LogP contribution in [0.4, 0.5) is 0 Å². The third-order valence-corrected chi connectivity index (χ3v) is 3.87. The van der Waals surface area contributed by atoms with E-state index in [1.807, 2.05) is 0 Å². The Bertz CT molecular complexity index is 266. The van der Waals surface area contributed by atoms with Gasteiger partial charge in [-0.15, -0.1) is 0 Å². The SMILES string of the molecule is CC(=O)CCCNC(C)(C)P(=O)(O)OO. The summed E-state index contributed by atoms with van der Waals surface area (Å²) in [6.07, 6.45) is 0.989. The quantitative estimate of drug-likeness (QED) is 0.268. The summed E-state index contributed by atoms with van der Waals surface area (Å²) in [5, 5.41) is 9.78. The molecule has 0 fully saturated rings. The van der Waals surface area contributed by atoms with Crippen molar-refractivity contribution in [1.29, 1.82) is 0 Å². The molecule has 1 atom stereocenters. The van der Waals surface area contributed by atoms with Gasteiger partial charge in [0.1, 0.15) is 11.1 Å². The van der Waals surface area contributed by atoms with Crippen molar-refractivity contribution in [3.8, 4) is 0 Å². The van der Waals surface area contributed by atoms with Gasteiger partial charge in [0.25, 0.3) is 0 Å². The molecule has 0 aliphatic rings. The van der Waals surface area contributed by atoms with Crippen LogP contribution in [0.1, 0.15) is 33.6 Å². The van der Waals surface area contributed by atoms with E-state index < -0.39 is 12.9 Å². The molecule has 0 aromatic heterocycles. The van der Waals surface area contributed by atoms with Crippen LogP contribution in [0, 0.1) is 0 Å². The Kier molecular flexibility index (Phi) is 5.62. The number of hydrogen-bond donors (Lipinski definition) is 3. The Hall–Kier alpha value is -0.260. The van der Waals surface area contributed by atoms with E-state index in [-0.39, 0.29) is 5.78 Å². The van der Waals surface area contributed by atoms with Crippen molar-refractivity contribution in [2.75, 3.05) is 6.54 Å². The van der Waals surface area contributed by atoms with Crippen LogP contribution in [0.25, 0.3) is 0 Å². The molecule has 0 bridgehead atoms. The molecule has 0 aromatic carbocycles. The highest BCUT2D eigenvalue weighted by Gasteiger charge is 2.40. The summed E-state index contributed by atoms with van der Waals surface area (Å²) in [5.74, 6) is 0.0696. The molecule has 0 heterocycles. The van der Waals surface area contributed by atoms with Gasteiger partial charge in [0, 0.05) is 6.42 Å². The number of carbonyl (C=O) groups excluding carboxylic acids is 1. The molecule has 0 aliphatic carbocycles. The van der Waals surface area contributed by atoms with Crippen molar-refractivity contribution in [1.82, 2.24) is 5.32 Å². The molecule has 0 aromatic rings. The maximum Gasteiger partial charge on any atom is 0.374 e. The number of carbonyl (C=O) groups is 1. The maximum atomic E-state index is 11.3. The predicted molar refractivity (Wildman–Crippen MR) is 55.5 cm³/mol. The lowest BCUT2D eigenvalue weighted by atomic mass is 10.2. The van der Waals surface area contributed by atoms with Crippen LogP contribution >= 0.6 is 7.60 Å². The first-order chi connectivity index (χ1) is 6.73. The van der Waals surface area contributed by atoms with E-state index in [2.05, 4.69) is 9.99 Å². The molecule has 7 heteroatoms. The van der Waals surface area contributed by atoms with E-state index in [1.54, 1.807) is 0 Å². The van der Waals surface area contributed by atoms with Crippen molar-refractivity contribution in [2.45, 2.75) is 38.9 Å². The van der Waals surface area contributed by atoms with Crippen LogP contribution < -0.4 is 5.32 Å². The van der Waals surface area contributed by atoms with Gasteiger partial charge in [-0.05, 0) is 33.7 Å². The molecule has 90 valence electrons. The monoisotopic (exact) mass is 239 g/mol. The minimum Gasteiger partial charge on any atom is -0.322 e. The summed E-state index contributed by atoms with van der Waals surface area (Å²) in [5.41, 5.74) is 0. The lowest BCUT2D eigenvalue weighted by Crippen LogP contribution is -2.40.